The van der Waals surface area contributed by atoms with Crippen molar-refractivity contribution in [2.45, 2.75) is 32.5 Å². The Kier molecular flexibility index (Phi) is 5.83. The topological polar surface area (TPSA) is 96.8 Å². The number of anilines is 3. The number of hydrogen-bond acceptors (Lipinski definition) is 6. The lowest BCUT2D eigenvalue weighted by atomic mass is 10.1. The summed E-state index contributed by atoms with van der Waals surface area (Å²) < 4.78 is 40.1. The molecule has 0 atom stereocenters. The number of likely N-dealkylation sites (N-methyl/N-ethyl adjacent to an activating group) is 1. The number of alkyl halides is 3. The molecule has 12 heteroatoms. The molecule has 27 heavy (non-hydrogen) atoms. The van der Waals surface area contributed by atoms with Gasteiger partial charge in [0.1, 0.15) is 16.9 Å². The van der Waals surface area contributed by atoms with Crippen LogP contribution in [0.1, 0.15) is 26.3 Å². The van der Waals surface area contributed by atoms with E-state index in [2.05, 4.69) is 31.0 Å². The molecule has 2 heterocycles. The van der Waals surface area contributed by atoms with Crippen LogP contribution in [0.4, 0.5) is 30.6 Å². The lowest BCUT2D eigenvalue weighted by Gasteiger charge is -2.24. The number of carbonyl (C=O) groups excluding carboxylic acids is 1. The highest BCUT2D eigenvalue weighted by Gasteiger charge is 2.35. The van der Waals surface area contributed by atoms with Crippen molar-refractivity contribution in [1.82, 2.24) is 25.1 Å². The van der Waals surface area contributed by atoms with Crippen molar-refractivity contribution >= 4 is 35.0 Å². The van der Waals surface area contributed by atoms with Crippen molar-refractivity contribution in [2.24, 2.45) is 0 Å². The van der Waals surface area contributed by atoms with Gasteiger partial charge in [0.05, 0.1) is 11.9 Å². The second kappa shape index (κ2) is 7.59. The third-order valence-electron chi connectivity index (χ3n) is 3.71. The van der Waals surface area contributed by atoms with E-state index in [9.17, 15) is 18.0 Å². The minimum atomic E-state index is -4.59. The SMILES string of the molecule is CCNC(=O)C(C)(C)n1ncc(Nc2ncc(C(F)(F)F)c(NC)n2)c1Cl. The first kappa shape index (κ1) is 20.7. The number of halogens is 4. The second-order valence-corrected chi connectivity index (χ2v) is 6.37. The molecule has 0 radical (unpaired) electrons. The van der Waals surface area contributed by atoms with Crippen LogP contribution in [0.2, 0.25) is 5.15 Å². The fraction of sp³-hybridized carbons (Fsp3) is 0.467. The summed E-state index contributed by atoms with van der Waals surface area (Å²) in [7, 11) is 1.32. The third-order valence-corrected chi connectivity index (χ3v) is 4.07. The van der Waals surface area contributed by atoms with Crippen LogP contribution in [0.25, 0.3) is 0 Å². The number of aromatic nitrogens is 4. The first-order valence-electron chi connectivity index (χ1n) is 7.93. The molecule has 0 spiro atoms. The molecule has 2 rings (SSSR count). The molecule has 0 unspecified atom stereocenters. The van der Waals surface area contributed by atoms with E-state index in [1.165, 1.54) is 17.9 Å². The molecule has 0 aromatic carbocycles. The van der Waals surface area contributed by atoms with E-state index in [1.807, 2.05) is 0 Å². The highest BCUT2D eigenvalue weighted by molar-refractivity contribution is 6.32. The number of amides is 1. The molecule has 0 aliphatic heterocycles. The van der Waals surface area contributed by atoms with Crippen LogP contribution in [0.15, 0.2) is 12.4 Å². The van der Waals surface area contributed by atoms with Gasteiger partial charge in [0, 0.05) is 19.8 Å². The largest absolute Gasteiger partial charge is 0.421 e. The van der Waals surface area contributed by atoms with Crippen molar-refractivity contribution < 1.29 is 18.0 Å². The molecule has 0 saturated carbocycles. The third kappa shape index (κ3) is 4.24. The number of carbonyl (C=O) groups is 1. The predicted molar refractivity (Wildman–Crippen MR) is 95.1 cm³/mol. The number of nitrogens with one attached hydrogen (secondary N) is 3. The molecular weight excluding hydrogens is 387 g/mol. The molecule has 148 valence electrons. The quantitative estimate of drug-likeness (QED) is 0.683. The first-order valence-corrected chi connectivity index (χ1v) is 8.31. The van der Waals surface area contributed by atoms with Crippen molar-refractivity contribution in [1.29, 1.82) is 0 Å². The summed E-state index contributed by atoms with van der Waals surface area (Å²) in [5.41, 5.74) is -1.82. The van der Waals surface area contributed by atoms with Gasteiger partial charge >= 0.3 is 6.18 Å². The normalized spacial score (nSPS) is 12.0. The average molecular weight is 406 g/mol. The van der Waals surface area contributed by atoms with Gasteiger partial charge in [-0.05, 0) is 20.8 Å². The summed E-state index contributed by atoms with van der Waals surface area (Å²) in [5, 5.41) is 12.0. The Morgan fingerprint density at radius 3 is 2.52 bits per heavy atom. The highest BCUT2D eigenvalue weighted by Crippen LogP contribution is 2.34. The van der Waals surface area contributed by atoms with Crippen LogP contribution in [0, 0.1) is 0 Å². The van der Waals surface area contributed by atoms with Gasteiger partial charge in [0.2, 0.25) is 11.9 Å². The summed E-state index contributed by atoms with van der Waals surface area (Å²) in [6.07, 6.45) is -2.59. The molecule has 2 aromatic heterocycles. The van der Waals surface area contributed by atoms with E-state index in [0.717, 1.165) is 0 Å². The van der Waals surface area contributed by atoms with Crippen molar-refractivity contribution in [3.63, 3.8) is 0 Å². The van der Waals surface area contributed by atoms with Crippen LogP contribution in [-0.2, 0) is 16.5 Å². The zero-order valence-electron chi connectivity index (χ0n) is 15.1. The first-order chi connectivity index (χ1) is 12.5. The Morgan fingerprint density at radius 2 is 1.96 bits per heavy atom. The number of hydrogen-bond donors (Lipinski definition) is 3. The van der Waals surface area contributed by atoms with Gasteiger partial charge in [0.15, 0.2) is 5.15 Å². The van der Waals surface area contributed by atoms with E-state index >= 15 is 0 Å². The number of rotatable bonds is 6. The Bertz CT molecular complexity index is 835. The molecule has 0 fully saturated rings. The van der Waals surface area contributed by atoms with Gasteiger partial charge in [0.25, 0.3) is 0 Å². The Labute approximate surface area is 158 Å². The van der Waals surface area contributed by atoms with Crippen LogP contribution in [0.5, 0.6) is 0 Å². The van der Waals surface area contributed by atoms with Gasteiger partial charge in [-0.25, -0.2) is 9.67 Å². The van der Waals surface area contributed by atoms with Gasteiger partial charge in [-0.3, -0.25) is 4.79 Å². The van der Waals surface area contributed by atoms with E-state index in [1.54, 1.807) is 20.8 Å². The minimum Gasteiger partial charge on any atom is -0.372 e. The van der Waals surface area contributed by atoms with Gasteiger partial charge in [-0.2, -0.15) is 23.3 Å². The zero-order valence-corrected chi connectivity index (χ0v) is 15.8. The predicted octanol–water partition coefficient (Wildman–Crippen LogP) is 3.00. The molecule has 0 bridgehead atoms. The lowest BCUT2D eigenvalue weighted by molar-refractivity contribution is -0.137. The fourth-order valence-electron chi connectivity index (χ4n) is 2.24. The lowest BCUT2D eigenvalue weighted by Crippen LogP contribution is -2.45. The number of nitrogens with zero attached hydrogens (tertiary/aromatic N) is 4. The standard InChI is InChI=1S/C15H19ClF3N7O/c1-5-21-12(27)14(2,3)26-10(16)9(7-23-26)24-13-22-6-8(15(17,18)19)11(20-4)25-13/h6-7H,5H2,1-4H3,(H,21,27)(H2,20,22,24,25). The Hall–Kier alpha value is -2.56. The van der Waals surface area contributed by atoms with Crippen LogP contribution in [-0.4, -0.2) is 39.2 Å². The molecule has 8 nitrogen and oxygen atoms in total. The maximum atomic E-state index is 12.9. The van der Waals surface area contributed by atoms with Gasteiger partial charge in [-0.15, -0.1) is 0 Å². The van der Waals surface area contributed by atoms with E-state index in [0.29, 0.717) is 12.7 Å². The van der Waals surface area contributed by atoms with Gasteiger partial charge in [-0.1, -0.05) is 11.6 Å². The Balaban J connectivity index is 2.32. The highest BCUT2D eigenvalue weighted by atomic mass is 35.5. The van der Waals surface area contributed by atoms with E-state index < -0.39 is 17.3 Å². The molecule has 0 aliphatic rings. The maximum absolute atomic E-state index is 12.9. The monoisotopic (exact) mass is 405 g/mol. The van der Waals surface area contributed by atoms with Gasteiger partial charge < -0.3 is 16.0 Å². The smallest absolute Gasteiger partial charge is 0.372 e. The minimum absolute atomic E-state index is 0.0840. The Morgan fingerprint density at radius 1 is 1.30 bits per heavy atom. The summed E-state index contributed by atoms with van der Waals surface area (Å²) in [6.45, 7) is 5.49. The fourth-order valence-corrected chi connectivity index (χ4v) is 2.59. The van der Waals surface area contributed by atoms with E-state index in [4.69, 9.17) is 11.6 Å². The van der Waals surface area contributed by atoms with Crippen LogP contribution >= 0.6 is 11.6 Å². The summed E-state index contributed by atoms with van der Waals surface area (Å²) >= 11 is 6.29. The molecule has 0 aliphatic carbocycles. The maximum Gasteiger partial charge on any atom is 0.421 e. The second-order valence-electron chi connectivity index (χ2n) is 6.01. The van der Waals surface area contributed by atoms with Crippen LogP contribution < -0.4 is 16.0 Å². The summed E-state index contributed by atoms with van der Waals surface area (Å²) in [4.78, 5) is 19.7. The molecule has 0 saturated heterocycles. The zero-order chi connectivity index (χ0) is 20.4. The van der Waals surface area contributed by atoms with Crippen molar-refractivity contribution in [3.05, 3.63) is 23.1 Å². The molecule has 2 aromatic rings. The van der Waals surface area contributed by atoms with Crippen molar-refractivity contribution in [3.8, 4) is 0 Å². The summed E-state index contributed by atoms with van der Waals surface area (Å²) in [6, 6.07) is 0. The molecule has 3 N–H and O–H groups in total. The average Bonchev–Trinajstić information content (AvgIpc) is 2.95. The summed E-state index contributed by atoms with van der Waals surface area (Å²) in [5.74, 6) is -0.777. The van der Waals surface area contributed by atoms with Crippen molar-refractivity contribution in [2.75, 3.05) is 24.2 Å². The van der Waals surface area contributed by atoms with Crippen LogP contribution in [0.3, 0.4) is 0 Å². The molecule has 1 amide bonds. The molecular formula is C15H19ClF3N7O. The van der Waals surface area contributed by atoms with E-state index in [-0.39, 0.29) is 28.5 Å².